The summed E-state index contributed by atoms with van der Waals surface area (Å²) < 4.78 is 5.47. The number of nitrogens with one attached hydrogen (secondary N) is 1. The number of nitrogens with zero attached hydrogens (tertiary/aromatic N) is 1. The van der Waals surface area contributed by atoms with Crippen LogP contribution >= 0.6 is 0 Å². The van der Waals surface area contributed by atoms with E-state index < -0.39 is 17.7 Å². The highest BCUT2D eigenvalue weighted by Gasteiger charge is 2.47. The predicted octanol–water partition coefficient (Wildman–Crippen LogP) is 5.23. The fraction of sp³-hybridized carbons (Fsp3) is 0.207. The van der Waals surface area contributed by atoms with E-state index in [2.05, 4.69) is 5.32 Å². The molecule has 3 aromatic rings. The molecule has 1 heterocycles. The van der Waals surface area contributed by atoms with Gasteiger partial charge in [0.2, 0.25) is 5.91 Å². The molecule has 0 aromatic heterocycles. The van der Waals surface area contributed by atoms with Crippen LogP contribution in [0.5, 0.6) is 5.75 Å². The Bertz CT molecular complexity index is 1330. The molecule has 1 aliphatic rings. The molecule has 2 N–H and O–H groups in total. The Kier molecular flexibility index (Phi) is 7.20. The number of rotatable bonds is 7. The van der Waals surface area contributed by atoms with Crippen molar-refractivity contribution in [3.63, 3.8) is 0 Å². The lowest BCUT2D eigenvalue weighted by atomic mass is 9.94. The number of amides is 2. The van der Waals surface area contributed by atoms with Crippen LogP contribution in [0.15, 0.2) is 78.4 Å². The lowest BCUT2D eigenvalue weighted by molar-refractivity contribution is -0.132. The Balaban J connectivity index is 1.87. The minimum absolute atomic E-state index is 0.00154. The third-order valence-electron chi connectivity index (χ3n) is 6.03. The summed E-state index contributed by atoms with van der Waals surface area (Å²) in [7, 11) is 0. The van der Waals surface area contributed by atoms with E-state index in [1.807, 2.05) is 38.1 Å². The van der Waals surface area contributed by atoms with E-state index in [0.29, 0.717) is 34.9 Å². The van der Waals surface area contributed by atoms with Crippen LogP contribution in [0.3, 0.4) is 0 Å². The van der Waals surface area contributed by atoms with Crippen LogP contribution in [0.1, 0.15) is 43.5 Å². The quantitative estimate of drug-likeness (QED) is 0.272. The van der Waals surface area contributed by atoms with Gasteiger partial charge in [0.1, 0.15) is 11.5 Å². The average molecular weight is 485 g/mol. The smallest absolute Gasteiger partial charge is 0.300 e. The molecular formula is C29H28N2O5. The minimum Gasteiger partial charge on any atom is -0.507 e. The summed E-state index contributed by atoms with van der Waals surface area (Å²) in [5.41, 5.74) is 3.11. The molecular weight excluding hydrogens is 456 g/mol. The maximum absolute atomic E-state index is 13.4. The van der Waals surface area contributed by atoms with Crippen molar-refractivity contribution in [1.82, 2.24) is 0 Å². The highest BCUT2D eigenvalue weighted by atomic mass is 16.5. The molecule has 0 aliphatic carbocycles. The second kappa shape index (κ2) is 10.5. The van der Waals surface area contributed by atoms with Crippen molar-refractivity contribution < 1.29 is 24.2 Å². The van der Waals surface area contributed by atoms with Crippen LogP contribution in [-0.2, 0) is 20.8 Å². The maximum atomic E-state index is 13.4. The molecule has 7 heteroatoms. The summed E-state index contributed by atoms with van der Waals surface area (Å²) in [5, 5.41) is 14.0. The lowest BCUT2D eigenvalue weighted by Gasteiger charge is -2.26. The first-order valence-corrected chi connectivity index (χ1v) is 11.8. The van der Waals surface area contributed by atoms with Crippen molar-refractivity contribution in [3.8, 4) is 5.75 Å². The van der Waals surface area contributed by atoms with Gasteiger partial charge in [-0.1, -0.05) is 37.3 Å². The second-order valence-corrected chi connectivity index (χ2v) is 8.45. The van der Waals surface area contributed by atoms with Gasteiger partial charge in [0.15, 0.2) is 0 Å². The number of hydrogen-bond donors (Lipinski definition) is 2. The van der Waals surface area contributed by atoms with E-state index in [0.717, 1.165) is 12.0 Å². The lowest BCUT2D eigenvalue weighted by Crippen LogP contribution is -2.29. The molecule has 1 unspecified atom stereocenters. The zero-order valence-corrected chi connectivity index (χ0v) is 20.4. The monoisotopic (exact) mass is 484 g/mol. The van der Waals surface area contributed by atoms with E-state index in [4.69, 9.17) is 4.74 Å². The molecule has 0 spiro atoms. The maximum Gasteiger partial charge on any atom is 0.300 e. The fourth-order valence-electron chi connectivity index (χ4n) is 4.32. The molecule has 4 rings (SSSR count). The Morgan fingerprint density at radius 2 is 1.69 bits per heavy atom. The standard InChI is InChI=1S/C29H28N2O5/c1-4-19-9-11-20(12-10-19)26-25(27(33)21-13-15-24(16-14-21)36-5-2)28(34)29(35)31(26)23-8-6-7-22(17-23)30-18(3)32/h6-17,26,33H,4-5H2,1-3H3,(H,30,32)/b27-25+. The number of aryl methyl sites for hydroxylation is 1. The molecule has 0 radical (unpaired) electrons. The van der Waals surface area contributed by atoms with E-state index in [9.17, 15) is 19.5 Å². The summed E-state index contributed by atoms with van der Waals surface area (Å²) in [6.45, 7) is 5.81. The summed E-state index contributed by atoms with van der Waals surface area (Å²) in [4.78, 5) is 39.6. The molecule has 0 saturated carbocycles. The molecule has 3 aromatic carbocycles. The third kappa shape index (κ3) is 4.86. The molecule has 1 fully saturated rings. The van der Waals surface area contributed by atoms with Gasteiger partial charge < -0.3 is 15.2 Å². The van der Waals surface area contributed by atoms with Gasteiger partial charge in [0, 0.05) is 23.9 Å². The molecule has 184 valence electrons. The fourth-order valence-corrected chi connectivity index (χ4v) is 4.32. The van der Waals surface area contributed by atoms with Crippen LogP contribution in [-0.4, -0.2) is 29.3 Å². The predicted molar refractivity (Wildman–Crippen MR) is 139 cm³/mol. The number of hydrogen-bond acceptors (Lipinski definition) is 5. The van der Waals surface area contributed by atoms with Crippen LogP contribution in [0.4, 0.5) is 11.4 Å². The molecule has 36 heavy (non-hydrogen) atoms. The zero-order chi connectivity index (χ0) is 25.8. The summed E-state index contributed by atoms with van der Waals surface area (Å²) in [6, 6.07) is 20.2. The first-order chi connectivity index (χ1) is 17.3. The Morgan fingerprint density at radius 1 is 1.00 bits per heavy atom. The van der Waals surface area contributed by atoms with Crippen molar-refractivity contribution >= 4 is 34.7 Å². The van der Waals surface area contributed by atoms with Crippen molar-refractivity contribution in [2.45, 2.75) is 33.2 Å². The third-order valence-corrected chi connectivity index (χ3v) is 6.03. The largest absolute Gasteiger partial charge is 0.507 e. The molecule has 0 bridgehead atoms. The van der Waals surface area contributed by atoms with Gasteiger partial charge in [-0.05, 0) is 66.9 Å². The SMILES string of the molecule is CCOc1ccc(/C(O)=C2\C(=O)C(=O)N(c3cccc(NC(C)=O)c3)C2c2ccc(CC)cc2)cc1. The van der Waals surface area contributed by atoms with E-state index in [1.54, 1.807) is 48.5 Å². The first kappa shape index (κ1) is 24.7. The molecule has 2 amide bonds. The average Bonchev–Trinajstić information content (AvgIpc) is 3.14. The number of aliphatic hydroxyl groups is 1. The Morgan fingerprint density at radius 3 is 2.31 bits per heavy atom. The van der Waals surface area contributed by atoms with Gasteiger partial charge >= 0.3 is 0 Å². The summed E-state index contributed by atoms with van der Waals surface area (Å²) in [5.74, 6) is -1.42. The van der Waals surface area contributed by atoms with Crippen LogP contribution < -0.4 is 15.0 Å². The highest BCUT2D eigenvalue weighted by Crippen LogP contribution is 2.42. The second-order valence-electron chi connectivity index (χ2n) is 8.45. The number of Topliss-reactive ketones (excluding diaryl/α,β-unsaturated/α-hetero) is 1. The van der Waals surface area contributed by atoms with Gasteiger partial charge in [0.25, 0.3) is 11.7 Å². The molecule has 1 saturated heterocycles. The number of benzene rings is 3. The summed E-state index contributed by atoms with van der Waals surface area (Å²) in [6.07, 6.45) is 0.839. The van der Waals surface area contributed by atoms with Crippen molar-refractivity contribution in [2.75, 3.05) is 16.8 Å². The van der Waals surface area contributed by atoms with Gasteiger partial charge in [-0.25, -0.2) is 0 Å². The Labute approximate surface area is 210 Å². The number of ether oxygens (including phenoxy) is 1. The van der Waals surface area contributed by atoms with E-state index in [1.165, 1.54) is 11.8 Å². The number of aliphatic hydroxyl groups excluding tert-OH is 1. The van der Waals surface area contributed by atoms with E-state index in [-0.39, 0.29) is 17.2 Å². The number of carbonyl (C=O) groups is 3. The number of anilines is 2. The zero-order valence-electron chi connectivity index (χ0n) is 20.4. The first-order valence-electron chi connectivity index (χ1n) is 11.8. The van der Waals surface area contributed by atoms with Gasteiger partial charge in [-0.2, -0.15) is 0 Å². The summed E-state index contributed by atoms with van der Waals surface area (Å²) >= 11 is 0. The number of carbonyl (C=O) groups excluding carboxylic acids is 3. The van der Waals surface area contributed by atoms with Crippen molar-refractivity contribution in [3.05, 3.63) is 95.1 Å². The number of ketones is 1. The van der Waals surface area contributed by atoms with Crippen LogP contribution in [0.25, 0.3) is 5.76 Å². The minimum atomic E-state index is -0.852. The van der Waals surface area contributed by atoms with Crippen LogP contribution in [0.2, 0.25) is 0 Å². The van der Waals surface area contributed by atoms with Crippen molar-refractivity contribution in [1.29, 1.82) is 0 Å². The Hall–Kier alpha value is -4.39. The topological polar surface area (TPSA) is 95.9 Å². The highest BCUT2D eigenvalue weighted by molar-refractivity contribution is 6.51. The molecule has 1 aliphatic heterocycles. The van der Waals surface area contributed by atoms with Gasteiger partial charge in [0.05, 0.1) is 18.2 Å². The van der Waals surface area contributed by atoms with Crippen molar-refractivity contribution in [2.24, 2.45) is 0 Å². The van der Waals surface area contributed by atoms with Gasteiger partial charge in [-0.15, -0.1) is 0 Å². The molecule has 7 nitrogen and oxygen atoms in total. The van der Waals surface area contributed by atoms with Gasteiger partial charge in [-0.3, -0.25) is 19.3 Å². The van der Waals surface area contributed by atoms with Crippen LogP contribution in [0, 0.1) is 0 Å². The normalized spacial score (nSPS) is 16.8. The molecule has 1 atom stereocenters. The van der Waals surface area contributed by atoms with E-state index >= 15 is 0 Å².